The number of nitrogens with zero attached hydrogens (tertiary/aromatic N) is 1. The van der Waals surface area contributed by atoms with Crippen molar-refractivity contribution < 1.29 is 4.74 Å². The normalized spacial score (nSPS) is 19.1. The average molecular weight is 227 g/mol. The lowest BCUT2D eigenvalue weighted by molar-refractivity contribution is -0.126. The summed E-state index contributed by atoms with van der Waals surface area (Å²) in [7, 11) is 2.24. The van der Waals surface area contributed by atoms with Crippen molar-refractivity contribution in [3.8, 4) is 0 Å². The SMILES string of the molecule is CCCN(C)CCC1(CCC(C)C)COC1. The van der Waals surface area contributed by atoms with Gasteiger partial charge in [0.05, 0.1) is 13.2 Å². The van der Waals surface area contributed by atoms with Crippen molar-refractivity contribution in [3.63, 3.8) is 0 Å². The molecule has 1 rings (SSSR count). The van der Waals surface area contributed by atoms with Gasteiger partial charge < -0.3 is 9.64 Å². The predicted molar refractivity (Wildman–Crippen MR) is 69.7 cm³/mol. The summed E-state index contributed by atoms with van der Waals surface area (Å²) < 4.78 is 5.44. The van der Waals surface area contributed by atoms with Gasteiger partial charge in [0.15, 0.2) is 0 Å². The second kappa shape index (κ2) is 6.61. The molecule has 0 bridgehead atoms. The van der Waals surface area contributed by atoms with Crippen molar-refractivity contribution in [2.45, 2.75) is 46.5 Å². The second-order valence-electron chi connectivity index (χ2n) is 5.98. The van der Waals surface area contributed by atoms with Crippen LogP contribution in [0.4, 0.5) is 0 Å². The number of rotatable bonds is 8. The molecule has 0 atom stereocenters. The van der Waals surface area contributed by atoms with E-state index < -0.39 is 0 Å². The third-order valence-corrected chi connectivity index (χ3v) is 3.70. The summed E-state index contributed by atoms with van der Waals surface area (Å²) in [5.41, 5.74) is 0.520. The lowest BCUT2D eigenvalue weighted by Crippen LogP contribution is -2.44. The van der Waals surface area contributed by atoms with Crippen molar-refractivity contribution in [1.29, 1.82) is 0 Å². The van der Waals surface area contributed by atoms with Crippen LogP contribution in [-0.4, -0.2) is 38.3 Å². The molecule has 0 amide bonds. The lowest BCUT2D eigenvalue weighted by atomic mass is 9.77. The van der Waals surface area contributed by atoms with E-state index in [0.717, 1.165) is 19.1 Å². The van der Waals surface area contributed by atoms with E-state index in [9.17, 15) is 0 Å². The van der Waals surface area contributed by atoms with Gasteiger partial charge in [0.2, 0.25) is 0 Å². The minimum atomic E-state index is 0.520. The Morgan fingerprint density at radius 2 is 1.88 bits per heavy atom. The molecule has 0 aromatic heterocycles. The van der Waals surface area contributed by atoms with E-state index in [0.29, 0.717) is 5.41 Å². The standard InChI is InChI=1S/C14H29NO/c1-5-9-15(4)10-8-14(11-16-12-14)7-6-13(2)3/h13H,5-12H2,1-4H3. The van der Waals surface area contributed by atoms with Crippen molar-refractivity contribution in [2.75, 3.05) is 33.4 Å². The van der Waals surface area contributed by atoms with E-state index >= 15 is 0 Å². The summed E-state index contributed by atoms with van der Waals surface area (Å²) in [5, 5.41) is 0. The highest BCUT2D eigenvalue weighted by Crippen LogP contribution is 2.37. The van der Waals surface area contributed by atoms with Crippen LogP contribution in [0.25, 0.3) is 0 Å². The summed E-state index contributed by atoms with van der Waals surface area (Å²) in [6.45, 7) is 11.3. The summed E-state index contributed by atoms with van der Waals surface area (Å²) in [6.07, 6.45) is 5.27. The number of hydrogen-bond acceptors (Lipinski definition) is 2. The fourth-order valence-corrected chi connectivity index (χ4v) is 2.32. The van der Waals surface area contributed by atoms with E-state index in [4.69, 9.17) is 4.74 Å². The summed E-state index contributed by atoms with van der Waals surface area (Å²) in [5.74, 6) is 0.825. The lowest BCUT2D eigenvalue weighted by Gasteiger charge is -2.43. The van der Waals surface area contributed by atoms with Gasteiger partial charge in [0.25, 0.3) is 0 Å². The van der Waals surface area contributed by atoms with Gasteiger partial charge in [-0.25, -0.2) is 0 Å². The van der Waals surface area contributed by atoms with Crippen LogP contribution in [0.2, 0.25) is 0 Å². The van der Waals surface area contributed by atoms with Crippen LogP contribution in [0.15, 0.2) is 0 Å². The molecule has 0 radical (unpaired) electrons. The van der Waals surface area contributed by atoms with Crippen LogP contribution < -0.4 is 0 Å². The maximum Gasteiger partial charge on any atom is 0.0545 e. The van der Waals surface area contributed by atoms with Crippen LogP contribution in [0.5, 0.6) is 0 Å². The second-order valence-corrected chi connectivity index (χ2v) is 5.98. The van der Waals surface area contributed by atoms with Crippen LogP contribution in [0, 0.1) is 11.3 Å². The quantitative estimate of drug-likeness (QED) is 0.631. The van der Waals surface area contributed by atoms with Gasteiger partial charge >= 0.3 is 0 Å². The zero-order valence-corrected chi connectivity index (χ0v) is 11.6. The Bertz CT molecular complexity index is 187. The minimum absolute atomic E-state index is 0.520. The first kappa shape index (κ1) is 14.0. The van der Waals surface area contributed by atoms with Gasteiger partial charge in [-0.05, 0) is 45.3 Å². The third kappa shape index (κ3) is 4.42. The highest BCUT2D eigenvalue weighted by Gasteiger charge is 2.37. The molecular formula is C14H29NO. The van der Waals surface area contributed by atoms with Gasteiger partial charge in [-0.15, -0.1) is 0 Å². The molecule has 2 heteroatoms. The summed E-state index contributed by atoms with van der Waals surface area (Å²) in [6, 6.07) is 0. The average Bonchev–Trinajstić information content (AvgIpc) is 2.15. The zero-order valence-electron chi connectivity index (χ0n) is 11.6. The third-order valence-electron chi connectivity index (χ3n) is 3.70. The number of hydrogen-bond donors (Lipinski definition) is 0. The molecule has 0 aromatic rings. The maximum atomic E-state index is 5.44. The molecule has 1 aliphatic rings. The summed E-state index contributed by atoms with van der Waals surface area (Å²) in [4.78, 5) is 2.45. The van der Waals surface area contributed by atoms with Crippen LogP contribution in [0.3, 0.4) is 0 Å². The molecule has 0 unspecified atom stereocenters. The van der Waals surface area contributed by atoms with Crippen molar-refractivity contribution >= 4 is 0 Å². The van der Waals surface area contributed by atoms with E-state index in [2.05, 4.69) is 32.7 Å². The van der Waals surface area contributed by atoms with Gasteiger partial charge in [-0.2, -0.15) is 0 Å². The molecular weight excluding hydrogens is 198 g/mol. The molecule has 96 valence electrons. The minimum Gasteiger partial charge on any atom is -0.380 e. The van der Waals surface area contributed by atoms with Crippen molar-refractivity contribution in [3.05, 3.63) is 0 Å². The first-order chi connectivity index (χ1) is 7.58. The monoisotopic (exact) mass is 227 g/mol. The molecule has 2 nitrogen and oxygen atoms in total. The molecule has 1 heterocycles. The molecule has 0 aromatic carbocycles. The molecule has 1 saturated heterocycles. The van der Waals surface area contributed by atoms with Crippen LogP contribution >= 0.6 is 0 Å². The van der Waals surface area contributed by atoms with E-state index in [1.54, 1.807) is 0 Å². The molecule has 0 spiro atoms. The van der Waals surface area contributed by atoms with Crippen molar-refractivity contribution in [2.24, 2.45) is 11.3 Å². The molecule has 1 aliphatic heterocycles. The Morgan fingerprint density at radius 1 is 1.19 bits per heavy atom. The Hall–Kier alpha value is -0.0800. The van der Waals surface area contributed by atoms with Crippen LogP contribution in [0.1, 0.15) is 46.5 Å². The van der Waals surface area contributed by atoms with E-state index in [1.807, 2.05) is 0 Å². The van der Waals surface area contributed by atoms with Gasteiger partial charge in [-0.1, -0.05) is 27.2 Å². The largest absolute Gasteiger partial charge is 0.380 e. The van der Waals surface area contributed by atoms with Crippen molar-refractivity contribution in [1.82, 2.24) is 4.90 Å². The molecule has 0 aliphatic carbocycles. The first-order valence-electron chi connectivity index (χ1n) is 6.84. The fourth-order valence-electron chi connectivity index (χ4n) is 2.32. The topological polar surface area (TPSA) is 12.5 Å². The predicted octanol–water partition coefficient (Wildman–Crippen LogP) is 3.17. The molecule has 1 fully saturated rings. The number of ether oxygens (including phenoxy) is 1. The van der Waals surface area contributed by atoms with Crippen LogP contribution in [-0.2, 0) is 4.74 Å². The first-order valence-corrected chi connectivity index (χ1v) is 6.84. The van der Waals surface area contributed by atoms with E-state index in [1.165, 1.54) is 38.8 Å². The van der Waals surface area contributed by atoms with E-state index in [-0.39, 0.29) is 0 Å². The maximum absolute atomic E-state index is 5.44. The highest BCUT2D eigenvalue weighted by atomic mass is 16.5. The molecule has 0 saturated carbocycles. The molecule has 16 heavy (non-hydrogen) atoms. The summed E-state index contributed by atoms with van der Waals surface area (Å²) >= 11 is 0. The highest BCUT2D eigenvalue weighted by molar-refractivity contribution is 4.86. The Balaban J connectivity index is 2.24. The fraction of sp³-hybridized carbons (Fsp3) is 1.00. The smallest absolute Gasteiger partial charge is 0.0545 e. The molecule has 0 N–H and O–H groups in total. The Kier molecular flexibility index (Phi) is 5.77. The van der Waals surface area contributed by atoms with Gasteiger partial charge in [-0.3, -0.25) is 0 Å². The zero-order chi connectivity index (χ0) is 12.0. The Morgan fingerprint density at radius 3 is 2.31 bits per heavy atom. The van der Waals surface area contributed by atoms with Gasteiger partial charge in [0, 0.05) is 5.41 Å². The van der Waals surface area contributed by atoms with Gasteiger partial charge in [0.1, 0.15) is 0 Å². The Labute approximate surface area is 101 Å².